The molecule has 1 atom stereocenters. The number of primary amides is 1. The van der Waals surface area contributed by atoms with Crippen LogP contribution < -0.4 is 15.2 Å². The molecule has 9 heteroatoms. The quantitative estimate of drug-likeness (QED) is 0.679. The fourth-order valence-electron chi connectivity index (χ4n) is 2.93. The van der Waals surface area contributed by atoms with Gasteiger partial charge in [0.25, 0.3) is 5.91 Å². The Bertz CT molecular complexity index is 836. The van der Waals surface area contributed by atoms with E-state index in [2.05, 4.69) is 28.2 Å². The molecule has 1 aliphatic rings. The number of anilines is 2. The van der Waals surface area contributed by atoms with Crippen molar-refractivity contribution < 1.29 is 9.00 Å². The Balaban J connectivity index is 1.80. The monoisotopic (exact) mass is 412 g/mol. The van der Waals surface area contributed by atoms with E-state index in [0.29, 0.717) is 27.3 Å². The van der Waals surface area contributed by atoms with Crippen LogP contribution in [-0.4, -0.2) is 27.6 Å². The first kappa shape index (κ1) is 19.2. The van der Waals surface area contributed by atoms with Crippen LogP contribution in [0.15, 0.2) is 24.3 Å². The Morgan fingerprint density at radius 3 is 2.62 bits per heavy atom. The lowest BCUT2D eigenvalue weighted by atomic mass is 10.0. The fourth-order valence-corrected chi connectivity index (χ4v) is 5.25. The van der Waals surface area contributed by atoms with Gasteiger partial charge in [-0.25, -0.2) is 4.21 Å². The number of nitrogens with one attached hydrogen (secondary N) is 2. The second kappa shape index (κ2) is 7.96. The molecule has 1 aliphatic heterocycles. The number of carbonyl (C=O) groups is 1. The highest BCUT2D eigenvalue weighted by Crippen LogP contribution is 2.37. The van der Waals surface area contributed by atoms with Crippen molar-refractivity contribution in [2.75, 3.05) is 16.0 Å². The van der Waals surface area contributed by atoms with E-state index in [-0.39, 0.29) is 0 Å². The van der Waals surface area contributed by atoms with Crippen LogP contribution in [0, 0.1) is 0 Å². The molecule has 0 bridgehead atoms. The Labute approximate surface area is 164 Å². The molecule has 2 heterocycles. The van der Waals surface area contributed by atoms with Crippen molar-refractivity contribution in [3.05, 3.63) is 45.3 Å². The third-order valence-corrected chi connectivity index (χ3v) is 6.63. The summed E-state index contributed by atoms with van der Waals surface area (Å²) >= 11 is 5.69. The molecule has 0 spiro atoms. The standard InChI is InChI=1S/C17H21ClN4O2S2/c1-10(2)22-8-7-13-14(9-22)25-17(15(13)16(19)23)21-26(24)20-12-5-3-11(18)4-6-12/h3-6,10,20-21H,7-9H2,1-2H3,(H2,19,23). The molecule has 1 aromatic carbocycles. The maximum Gasteiger partial charge on any atom is 0.252 e. The summed E-state index contributed by atoms with van der Waals surface area (Å²) in [5.41, 5.74) is 7.70. The van der Waals surface area contributed by atoms with Crippen molar-refractivity contribution in [2.24, 2.45) is 5.73 Å². The molecule has 1 aromatic heterocycles. The zero-order valence-electron chi connectivity index (χ0n) is 14.5. The van der Waals surface area contributed by atoms with E-state index in [1.54, 1.807) is 24.3 Å². The number of hydrogen-bond acceptors (Lipinski definition) is 4. The van der Waals surface area contributed by atoms with Crippen molar-refractivity contribution in [3.8, 4) is 0 Å². The summed E-state index contributed by atoms with van der Waals surface area (Å²) in [5, 5.41) is 1.15. The lowest BCUT2D eigenvalue weighted by molar-refractivity contribution is 0.0999. The van der Waals surface area contributed by atoms with E-state index >= 15 is 0 Å². The topological polar surface area (TPSA) is 87.5 Å². The number of thiophene rings is 1. The van der Waals surface area contributed by atoms with Gasteiger partial charge in [0, 0.05) is 34.7 Å². The molecule has 4 N–H and O–H groups in total. The normalized spacial score (nSPS) is 15.5. The van der Waals surface area contributed by atoms with E-state index in [0.717, 1.165) is 30.0 Å². The van der Waals surface area contributed by atoms with E-state index in [4.69, 9.17) is 17.3 Å². The Morgan fingerprint density at radius 2 is 2.00 bits per heavy atom. The summed E-state index contributed by atoms with van der Waals surface area (Å²) in [5.74, 6) is -0.494. The van der Waals surface area contributed by atoms with Crippen LogP contribution in [0.3, 0.4) is 0 Å². The minimum atomic E-state index is -1.61. The van der Waals surface area contributed by atoms with Gasteiger partial charge < -0.3 is 5.73 Å². The van der Waals surface area contributed by atoms with Crippen molar-refractivity contribution in [1.29, 1.82) is 0 Å². The van der Waals surface area contributed by atoms with Gasteiger partial charge in [0.2, 0.25) is 11.2 Å². The predicted molar refractivity (Wildman–Crippen MR) is 109 cm³/mol. The Morgan fingerprint density at radius 1 is 1.31 bits per heavy atom. The molecule has 3 rings (SSSR count). The second-order valence-corrected chi connectivity index (χ2v) is 8.85. The molecule has 26 heavy (non-hydrogen) atoms. The van der Waals surface area contributed by atoms with E-state index in [1.165, 1.54) is 11.3 Å². The molecule has 0 fully saturated rings. The van der Waals surface area contributed by atoms with Crippen LogP contribution in [-0.2, 0) is 24.1 Å². The van der Waals surface area contributed by atoms with E-state index in [9.17, 15) is 9.00 Å². The first-order chi connectivity index (χ1) is 12.3. The molecule has 0 aliphatic carbocycles. The number of hydrogen-bond donors (Lipinski definition) is 3. The molecular formula is C17H21ClN4O2S2. The summed E-state index contributed by atoms with van der Waals surface area (Å²) in [7, 11) is 0. The minimum Gasteiger partial charge on any atom is -0.365 e. The molecule has 0 saturated heterocycles. The number of nitrogens with zero attached hydrogens (tertiary/aromatic N) is 1. The van der Waals surface area contributed by atoms with Gasteiger partial charge in [0.05, 0.1) is 5.56 Å². The summed E-state index contributed by atoms with van der Waals surface area (Å²) < 4.78 is 18.1. The first-order valence-electron chi connectivity index (χ1n) is 8.24. The van der Waals surface area contributed by atoms with Crippen molar-refractivity contribution in [3.63, 3.8) is 0 Å². The van der Waals surface area contributed by atoms with Crippen LogP contribution in [0.25, 0.3) is 0 Å². The Hall–Kier alpha value is -1.61. The highest BCUT2D eigenvalue weighted by atomic mass is 35.5. The zero-order chi connectivity index (χ0) is 18.8. The highest BCUT2D eigenvalue weighted by Gasteiger charge is 2.28. The van der Waals surface area contributed by atoms with Gasteiger partial charge in [0.15, 0.2) is 0 Å². The molecule has 6 nitrogen and oxygen atoms in total. The van der Waals surface area contributed by atoms with Gasteiger partial charge in [-0.1, -0.05) is 11.6 Å². The molecule has 2 aromatic rings. The van der Waals surface area contributed by atoms with Gasteiger partial charge in [0.1, 0.15) is 5.00 Å². The van der Waals surface area contributed by atoms with Crippen LogP contribution in [0.2, 0.25) is 5.02 Å². The Kier molecular flexibility index (Phi) is 5.86. The number of rotatable bonds is 6. The summed E-state index contributed by atoms with van der Waals surface area (Å²) in [6, 6.07) is 7.31. The zero-order valence-corrected chi connectivity index (χ0v) is 16.9. The lowest BCUT2D eigenvalue weighted by Crippen LogP contribution is -2.35. The van der Waals surface area contributed by atoms with Crippen LogP contribution in [0.4, 0.5) is 10.7 Å². The van der Waals surface area contributed by atoms with Crippen molar-refractivity contribution in [2.45, 2.75) is 32.9 Å². The van der Waals surface area contributed by atoms with Crippen LogP contribution >= 0.6 is 22.9 Å². The van der Waals surface area contributed by atoms with Gasteiger partial charge in [-0.2, -0.15) is 0 Å². The number of halogens is 1. The molecule has 0 radical (unpaired) electrons. The van der Waals surface area contributed by atoms with Crippen LogP contribution in [0.1, 0.15) is 34.6 Å². The van der Waals surface area contributed by atoms with Crippen molar-refractivity contribution >= 4 is 50.7 Å². The first-order valence-corrected chi connectivity index (χ1v) is 10.6. The van der Waals surface area contributed by atoms with Gasteiger partial charge in [-0.05, 0) is 50.1 Å². The number of carbonyl (C=O) groups excluding carboxylic acids is 1. The average Bonchev–Trinajstić information content (AvgIpc) is 2.93. The highest BCUT2D eigenvalue weighted by molar-refractivity contribution is 7.87. The minimum absolute atomic E-state index is 0.430. The maximum absolute atomic E-state index is 12.4. The molecule has 1 unspecified atom stereocenters. The number of amides is 1. The average molecular weight is 413 g/mol. The van der Waals surface area contributed by atoms with Gasteiger partial charge in [-0.15, -0.1) is 11.3 Å². The smallest absolute Gasteiger partial charge is 0.252 e. The number of nitrogens with two attached hydrogens (primary N) is 1. The van der Waals surface area contributed by atoms with Gasteiger partial charge >= 0.3 is 0 Å². The second-order valence-electron chi connectivity index (χ2n) is 6.37. The van der Waals surface area contributed by atoms with Crippen molar-refractivity contribution in [1.82, 2.24) is 4.90 Å². The van der Waals surface area contributed by atoms with Gasteiger partial charge in [-0.3, -0.25) is 19.1 Å². The molecular weight excluding hydrogens is 392 g/mol. The summed E-state index contributed by atoms with van der Waals surface area (Å²) in [6.07, 6.45) is 0.765. The maximum atomic E-state index is 12.4. The van der Waals surface area contributed by atoms with Crippen LogP contribution in [0.5, 0.6) is 0 Å². The largest absolute Gasteiger partial charge is 0.365 e. The predicted octanol–water partition coefficient (Wildman–Crippen LogP) is 3.37. The lowest BCUT2D eigenvalue weighted by Gasteiger charge is -2.30. The summed E-state index contributed by atoms with van der Waals surface area (Å²) in [4.78, 5) is 15.4. The molecule has 0 saturated carbocycles. The third kappa shape index (κ3) is 4.20. The molecule has 140 valence electrons. The number of benzene rings is 1. The fraction of sp³-hybridized carbons (Fsp3) is 0.353. The van der Waals surface area contributed by atoms with E-state index in [1.807, 2.05) is 0 Å². The SMILES string of the molecule is CC(C)N1CCc2c(sc(NS(=O)Nc3ccc(Cl)cc3)c2C(N)=O)C1. The number of fused-ring (bicyclic) bond motifs is 1. The summed E-state index contributed by atoms with van der Waals surface area (Å²) in [6.45, 7) is 5.96. The molecule has 1 amide bonds. The van der Waals surface area contributed by atoms with E-state index < -0.39 is 17.1 Å². The third-order valence-electron chi connectivity index (χ3n) is 4.30.